The van der Waals surface area contributed by atoms with Crippen LogP contribution in [-0.2, 0) is 7.05 Å². The third-order valence-electron chi connectivity index (χ3n) is 3.09. The monoisotopic (exact) mass is 272 g/mol. The summed E-state index contributed by atoms with van der Waals surface area (Å²) >= 11 is 0. The summed E-state index contributed by atoms with van der Waals surface area (Å²) in [5.41, 5.74) is 2.78. The molecule has 1 unspecified atom stereocenters. The minimum atomic E-state index is -0.0423. The molecule has 0 fully saturated rings. The maximum Gasteiger partial charge on any atom is 0.251 e. The molecule has 0 aliphatic rings. The number of anilines is 1. The highest BCUT2D eigenvalue weighted by atomic mass is 16.1. The summed E-state index contributed by atoms with van der Waals surface area (Å²) in [4.78, 5) is 11.7. The van der Waals surface area contributed by atoms with Gasteiger partial charge in [0.2, 0.25) is 0 Å². The van der Waals surface area contributed by atoms with Crippen LogP contribution >= 0.6 is 0 Å². The first-order valence-electron chi connectivity index (χ1n) is 6.73. The minimum absolute atomic E-state index is 0.0423. The zero-order valence-electron chi connectivity index (χ0n) is 12.1. The molecule has 0 saturated heterocycles. The van der Waals surface area contributed by atoms with E-state index in [4.69, 9.17) is 0 Å². The first kappa shape index (κ1) is 14.1. The van der Waals surface area contributed by atoms with Crippen molar-refractivity contribution in [2.75, 3.05) is 11.9 Å². The summed E-state index contributed by atoms with van der Waals surface area (Å²) in [5.74, 6) is -0.0423. The van der Waals surface area contributed by atoms with Gasteiger partial charge >= 0.3 is 0 Å². The van der Waals surface area contributed by atoms with Gasteiger partial charge in [0.05, 0.1) is 12.2 Å². The van der Waals surface area contributed by atoms with Crippen LogP contribution in [0, 0.1) is 0 Å². The highest BCUT2D eigenvalue weighted by molar-refractivity contribution is 5.94. The molecule has 0 radical (unpaired) electrons. The number of amides is 1. The van der Waals surface area contributed by atoms with E-state index >= 15 is 0 Å². The van der Waals surface area contributed by atoms with Gasteiger partial charge in [-0.05, 0) is 38.1 Å². The SMILES string of the molecule is CCNC(=O)c1ccc(NC(C)c2cnn(C)c2)cc1. The first-order chi connectivity index (χ1) is 9.60. The number of aromatic nitrogens is 2. The van der Waals surface area contributed by atoms with Gasteiger partial charge in [0.1, 0.15) is 0 Å². The number of carbonyl (C=O) groups is 1. The van der Waals surface area contributed by atoms with Crippen molar-refractivity contribution in [2.45, 2.75) is 19.9 Å². The van der Waals surface area contributed by atoms with Crippen LogP contribution in [0.15, 0.2) is 36.7 Å². The molecular weight excluding hydrogens is 252 g/mol. The van der Waals surface area contributed by atoms with Gasteiger partial charge in [0.15, 0.2) is 0 Å². The molecule has 0 bridgehead atoms. The van der Waals surface area contributed by atoms with Gasteiger partial charge in [-0.1, -0.05) is 0 Å². The van der Waals surface area contributed by atoms with E-state index in [0.717, 1.165) is 11.3 Å². The molecular formula is C15H20N4O. The first-order valence-corrected chi connectivity index (χ1v) is 6.73. The minimum Gasteiger partial charge on any atom is -0.378 e. The normalized spacial score (nSPS) is 11.9. The van der Waals surface area contributed by atoms with Crippen molar-refractivity contribution in [2.24, 2.45) is 7.05 Å². The van der Waals surface area contributed by atoms with Crippen molar-refractivity contribution in [3.05, 3.63) is 47.8 Å². The lowest BCUT2D eigenvalue weighted by Crippen LogP contribution is -2.22. The Hall–Kier alpha value is -2.30. The van der Waals surface area contributed by atoms with Crippen molar-refractivity contribution < 1.29 is 4.79 Å². The maximum atomic E-state index is 11.7. The van der Waals surface area contributed by atoms with E-state index in [1.807, 2.05) is 50.6 Å². The Morgan fingerprint density at radius 1 is 1.35 bits per heavy atom. The summed E-state index contributed by atoms with van der Waals surface area (Å²) in [6.07, 6.45) is 3.83. The van der Waals surface area contributed by atoms with Crippen molar-refractivity contribution in [3.63, 3.8) is 0 Å². The fourth-order valence-corrected chi connectivity index (χ4v) is 1.98. The number of rotatable bonds is 5. The van der Waals surface area contributed by atoms with Crippen LogP contribution < -0.4 is 10.6 Å². The van der Waals surface area contributed by atoms with Crippen molar-refractivity contribution in [1.82, 2.24) is 15.1 Å². The van der Waals surface area contributed by atoms with E-state index in [1.165, 1.54) is 0 Å². The molecule has 0 saturated carbocycles. The molecule has 0 aliphatic carbocycles. The Balaban J connectivity index is 2.01. The Kier molecular flexibility index (Phi) is 4.40. The molecule has 1 atom stereocenters. The number of carbonyl (C=O) groups excluding carboxylic acids is 1. The molecule has 0 spiro atoms. The average molecular weight is 272 g/mol. The summed E-state index contributed by atoms with van der Waals surface area (Å²) in [6, 6.07) is 7.64. The number of nitrogens with one attached hydrogen (secondary N) is 2. The largest absolute Gasteiger partial charge is 0.378 e. The molecule has 0 aliphatic heterocycles. The van der Waals surface area contributed by atoms with Gasteiger partial charge < -0.3 is 10.6 Å². The van der Waals surface area contributed by atoms with Crippen LogP contribution in [0.3, 0.4) is 0 Å². The molecule has 1 amide bonds. The van der Waals surface area contributed by atoms with Crippen LogP contribution in [0.5, 0.6) is 0 Å². The Morgan fingerprint density at radius 3 is 2.60 bits per heavy atom. The van der Waals surface area contributed by atoms with Crippen LogP contribution in [0.25, 0.3) is 0 Å². The number of hydrogen-bond donors (Lipinski definition) is 2. The topological polar surface area (TPSA) is 59.0 Å². The Bertz CT molecular complexity index is 574. The molecule has 1 aromatic heterocycles. The number of benzene rings is 1. The second-order valence-corrected chi connectivity index (χ2v) is 4.75. The predicted octanol–water partition coefficient (Wildman–Crippen LogP) is 2.34. The highest BCUT2D eigenvalue weighted by Gasteiger charge is 2.08. The zero-order chi connectivity index (χ0) is 14.5. The summed E-state index contributed by atoms with van der Waals surface area (Å²) in [5, 5.41) is 10.3. The van der Waals surface area contributed by atoms with E-state index in [9.17, 15) is 4.79 Å². The zero-order valence-corrected chi connectivity index (χ0v) is 12.1. The van der Waals surface area contributed by atoms with Gasteiger partial charge in [0.25, 0.3) is 5.91 Å². The van der Waals surface area contributed by atoms with Crippen LogP contribution in [-0.4, -0.2) is 22.2 Å². The predicted molar refractivity (Wildman–Crippen MR) is 79.7 cm³/mol. The number of aryl methyl sites for hydroxylation is 1. The summed E-state index contributed by atoms with van der Waals surface area (Å²) < 4.78 is 1.78. The van der Waals surface area contributed by atoms with E-state index in [2.05, 4.69) is 22.7 Å². The van der Waals surface area contributed by atoms with Crippen molar-refractivity contribution in [3.8, 4) is 0 Å². The number of nitrogens with zero attached hydrogens (tertiary/aromatic N) is 2. The molecule has 5 heteroatoms. The maximum absolute atomic E-state index is 11.7. The molecule has 2 rings (SSSR count). The van der Waals surface area contributed by atoms with E-state index < -0.39 is 0 Å². The molecule has 5 nitrogen and oxygen atoms in total. The number of hydrogen-bond acceptors (Lipinski definition) is 3. The van der Waals surface area contributed by atoms with Gasteiger partial charge in [-0.2, -0.15) is 5.10 Å². The average Bonchev–Trinajstić information content (AvgIpc) is 2.86. The van der Waals surface area contributed by atoms with Gasteiger partial charge in [-0.25, -0.2) is 0 Å². The van der Waals surface area contributed by atoms with E-state index in [1.54, 1.807) is 4.68 Å². The second-order valence-electron chi connectivity index (χ2n) is 4.75. The van der Waals surface area contributed by atoms with Crippen LogP contribution in [0.2, 0.25) is 0 Å². The van der Waals surface area contributed by atoms with E-state index in [-0.39, 0.29) is 11.9 Å². The standard InChI is InChI=1S/C15H20N4O/c1-4-16-15(20)12-5-7-14(8-6-12)18-11(2)13-9-17-19(3)10-13/h5-11,18H,4H2,1-3H3,(H,16,20). The van der Waals surface area contributed by atoms with Crippen molar-refractivity contribution >= 4 is 11.6 Å². The Morgan fingerprint density at radius 2 is 2.05 bits per heavy atom. The molecule has 106 valence electrons. The highest BCUT2D eigenvalue weighted by Crippen LogP contribution is 2.18. The fourth-order valence-electron chi connectivity index (χ4n) is 1.98. The second kappa shape index (κ2) is 6.23. The molecule has 1 aromatic carbocycles. The van der Waals surface area contributed by atoms with Gasteiger partial charge in [-0.3, -0.25) is 9.48 Å². The lowest BCUT2D eigenvalue weighted by molar-refractivity contribution is 0.0956. The third-order valence-corrected chi connectivity index (χ3v) is 3.09. The summed E-state index contributed by atoms with van der Waals surface area (Å²) in [6.45, 7) is 4.62. The molecule has 2 N–H and O–H groups in total. The van der Waals surface area contributed by atoms with Crippen LogP contribution in [0.4, 0.5) is 5.69 Å². The Labute approximate surface area is 119 Å². The molecule has 20 heavy (non-hydrogen) atoms. The lowest BCUT2D eigenvalue weighted by Gasteiger charge is -2.14. The quantitative estimate of drug-likeness (QED) is 0.878. The van der Waals surface area contributed by atoms with Gasteiger partial charge in [-0.15, -0.1) is 0 Å². The van der Waals surface area contributed by atoms with Crippen LogP contribution in [0.1, 0.15) is 35.8 Å². The van der Waals surface area contributed by atoms with E-state index in [0.29, 0.717) is 12.1 Å². The lowest BCUT2D eigenvalue weighted by atomic mass is 10.1. The van der Waals surface area contributed by atoms with Gasteiger partial charge in [0, 0.05) is 36.6 Å². The van der Waals surface area contributed by atoms with Crippen molar-refractivity contribution in [1.29, 1.82) is 0 Å². The molecule has 1 heterocycles. The summed E-state index contributed by atoms with van der Waals surface area (Å²) in [7, 11) is 1.90. The molecule has 2 aromatic rings. The smallest absolute Gasteiger partial charge is 0.251 e. The third kappa shape index (κ3) is 3.38. The fraction of sp³-hybridized carbons (Fsp3) is 0.333.